The molecular formula is C11H18N4O2. The predicted octanol–water partition coefficient (Wildman–Crippen LogP) is 1.05. The fourth-order valence-electron chi connectivity index (χ4n) is 1.91. The molecule has 2 amide bonds. The Kier molecular flexibility index (Phi) is 3.95. The maximum atomic E-state index is 11.8. The number of hydrogen-bond donors (Lipinski definition) is 1. The summed E-state index contributed by atoms with van der Waals surface area (Å²) in [4.78, 5) is 17.5. The first-order chi connectivity index (χ1) is 8.25. The fourth-order valence-corrected chi connectivity index (χ4v) is 1.91. The maximum Gasteiger partial charge on any atom is 0.317 e. The number of rotatable bonds is 3. The summed E-state index contributed by atoms with van der Waals surface area (Å²) in [6, 6.07) is 0.0106. The molecule has 0 saturated carbocycles. The minimum absolute atomic E-state index is 0.0106. The molecule has 0 bridgehead atoms. The Bertz CT molecular complexity index is 344. The molecule has 0 aromatic carbocycles. The molecule has 1 fully saturated rings. The molecule has 2 rings (SSSR count). The molecule has 0 aliphatic carbocycles. The van der Waals surface area contributed by atoms with Crippen molar-refractivity contribution in [2.45, 2.75) is 26.2 Å². The van der Waals surface area contributed by atoms with Crippen molar-refractivity contribution in [3.63, 3.8) is 0 Å². The molecule has 1 aromatic rings. The van der Waals surface area contributed by atoms with Crippen molar-refractivity contribution in [2.24, 2.45) is 5.92 Å². The quantitative estimate of drug-likeness (QED) is 0.854. The fraction of sp³-hybridized carbons (Fsp3) is 0.727. The summed E-state index contributed by atoms with van der Waals surface area (Å²) >= 11 is 0. The average Bonchev–Trinajstić information content (AvgIpc) is 2.83. The molecular weight excluding hydrogens is 220 g/mol. The van der Waals surface area contributed by atoms with Crippen LogP contribution in [0.4, 0.5) is 4.79 Å². The summed E-state index contributed by atoms with van der Waals surface area (Å²) in [6.07, 6.45) is 4.13. The van der Waals surface area contributed by atoms with E-state index in [1.54, 1.807) is 0 Å². The molecule has 1 aliphatic heterocycles. The van der Waals surface area contributed by atoms with Crippen LogP contribution in [-0.2, 0) is 6.42 Å². The molecule has 1 aliphatic rings. The number of piperidine rings is 1. The number of nitrogens with zero attached hydrogens (tertiary/aromatic N) is 3. The largest absolute Gasteiger partial charge is 0.340 e. The number of hydrogen-bond acceptors (Lipinski definition) is 4. The number of carbonyl (C=O) groups is 1. The smallest absolute Gasteiger partial charge is 0.317 e. The number of urea groups is 1. The van der Waals surface area contributed by atoms with E-state index in [2.05, 4.69) is 22.4 Å². The van der Waals surface area contributed by atoms with Gasteiger partial charge in [0.2, 0.25) is 5.89 Å². The highest BCUT2D eigenvalue weighted by Crippen LogP contribution is 2.15. The summed E-state index contributed by atoms with van der Waals surface area (Å²) in [7, 11) is 0. The molecule has 2 heterocycles. The lowest BCUT2D eigenvalue weighted by Gasteiger charge is -2.30. The van der Waals surface area contributed by atoms with Gasteiger partial charge < -0.3 is 14.7 Å². The van der Waals surface area contributed by atoms with Crippen molar-refractivity contribution in [2.75, 3.05) is 19.6 Å². The van der Waals surface area contributed by atoms with Crippen molar-refractivity contribution in [1.82, 2.24) is 20.4 Å². The predicted molar refractivity (Wildman–Crippen MR) is 61.4 cm³/mol. The van der Waals surface area contributed by atoms with Gasteiger partial charge in [-0.3, -0.25) is 0 Å². The van der Waals surface area contributed by atoms with Gasteiger partial charge >= 0.3 is 6.03 Å². The van der Waals surface area contributed by atoms with Gasteiger partial charge in [0.15, 0.2) is 6.33 Å². The van der Waals surface area contributed by atoms with E-state index in [1.165, 1.54) is 6.33 Å². The van der Waals surface area contributed by atoms with E-state index in [0.29, 0.717) is 18.9 Å². The zero-order valence-electron chi connectivity index (χ0n) is 10.1. The Morgan fingerprint density at radius 1 is 1.59 bits per heavy atom. The van der Waals surface area contributed by atoms with E-state index in [1.807, 2.05) is 4.90 Å². The second-order valence-electron chi connectivity index (χ2n) is 4.49. The van der Waals surface area contributed by atoms with Crippen molar-refractivity contribution in [3.8, 4) is 0 Å². The summed E-state index contributed by atoms with van der Waals surface area (Å²) in [6.45, 7) is 4.47. The van der Waals surface area contributed by atoms with Crippen LogP contribution in [0, 0.1) is 5.92 Å². The number of aromatic nitrogens is 2. The van der Waals surface area contributed by atoms with Crippen LogP contribution < -0.4 is 5.32 Å². The third-order valence-electron chi connectivity index (χ3n) is 3.09. The summed E-state index contributed by atoms with van der Waals surface area (Å²) in [5.41, 5.74) is 0. The standard InChI is InChI=1S/C11H18N4O2/c1-9-3-6-15(7-4-9)11(16)12-5-2-10-13-8-14-17-10/h8-9H,2-7H2,1H3,(H,12,16). The average molecular weight is 238 g/mol. The molecule has 6 heteroatoms. The van der Waals surface area contributed by atoms with Crippen LogP contribution in [0.5, 0.6) is 0 Å². The Morgan fingerprint density at radius 3 is 3.00 bits per heavy atom. The number of amides is 2. The van der Waals surface area contributed by atoms with Gasteiger partial charge in [-0.15, -0.1) is 0 Å². The molecule has 1 aromatic heterocycles. The van der Waals surface area contributed by atoms with Crippen LogP contribution in [0.1, 0.15) is 25.7 Å². The Hall–Kier alpha value is -1.59. The highest BCUT2D eigenvalue weighted by molar-refractivity contribution is 5.74. The lowest BCUT2D eigenvalue weighted by Crippen LogP contribution is -2.44. The van der Waals surface area contributed by atoms with Gasteiger partial charge in [0.05, 0.1) is 0 Å². The first kappa shape index (κ1) is 11.9. The van der Waals surface area contributed by atoms with Gasteiger partial charge in [0.25, 0.3) is 0 Å². The molecule has 17 heavy (non-hydrogen) atoms. The molecule has 6 nitrogen and oxygen atoms in total. The minimum atomic E-state index is 0.0106. The van der Waals surface area contributed by atoms with Crippen molar-refractivity contribution in [1.29, 1.82) is 0 Å². The van der Waals surface area contributed by atoms with E-state index in [9.17, 15) is 4.79 Å². The van der Waals surface area contributed by atoms with Crippen LogP contribution in [0.2, 0.25) is 0 Å². The number of carbonyl (C=O) groups excluding carboxylic acids is 1. The molecule has 1 saturated heterocycles. The van der Waals surface area contributed by atoms with Crippen molar-refractivity contribution < 1.29 is 9.32 Å². The van der Waals surface area contributed by atoms with Gasteiger partial charge in [-0.05, 0) is 18.8 Å². The van der Waals surface area contributed by atoms with Crippen LogP contribution in [0.25, 0.3) is 0 Å². The molecule has 94 valence electrons. The van der Waals surface area contributed by atoms with E-state index in [-0.39, 0.29) is 6.03 Å². The van der Waals surface area contributed by atoms with Crippen LogP contribution in [0.3, 0.4) is 0 Å². The highest BCUT2D eigenvalue weighted by Gasteiger charge is 2.19. The Balaban J connectivity index is 1.67. The third kappa shape index (κ3) is 3.44. The Labute approximate surface area is 100 Å². The zero-order chi connectivity index (χ0) is 12.1. The lowest BCUT2D eigenvalue weighted by atomic mass is 10.00. The molecule has 0 spiro atoms. The van der Waals surface area contributed by atoms with Gasteiger partial charge in [0, 0.05) is 26.1 Å². The first-order valence-corrected chi connectivity index (χ1v) is 6.04. The molecule has 1 N–H and O–H groups in total. The monoisotopic (exact) mass is 238 g/mol. The molecule has 0 unspecified atom stereocenters. The van der Waals surface area contributed by atoms with Gasteiger partial charge in [-0.1, -0.05) is 12.1 Å². The molecule has 0 radical (unpaired) electrons. The van der Waals surface area contributed by atoms with E-state index in [4.69, 9.17) is 4.52 Å². The summed E-state index contributed by atoms with van der Waals surface area (Å²) in [5, 5.41) is 6.37. The molecule has 0 atom stereocenters. The normalized spacial score (nSPS) is 17.1. The van der Waals surface area contributed by atoms with Crippen molar-refractivity contribution >= 4 is 6.03 Å². The lowest BCUT2D eigenvalue weighted by molar-refractivity contribution is 0.174. The van der Waals surface area contributed by atoms with Gasteiger partial charge in [0.1, 0.15) is 0 Å². The SMILES string of the molecule is CC1CCN(C(=O)NCCc2ncno2)CC1. The zero-order valence-corrected chi connectivity index (χ0v) is 10.1. The van der Waals surface area contributed by atoms with Gasteiger partial charge in [-0.2, -0.15) is 4.98 Å². The second-order valence-corrected chi connectivity index (χ2v) is 4.49. The van der Waals surface area contributed by atoms with Crippen LogP contribution in [-0.4, -0.2) is 40.7 Å². The number of likely N-dealkylation sites (tertiary alicyclic amines) is 1. The van der Waals surface area contributed by atoms with Gasteiger partial charge in [-0.25, -0.2) is 4.79 Å². The van der Waals surface area contributed by atoms with Crippen molar-refractivity contribution in [3.05, 3.63) is 12.2 Å². The second kappa shape index (κ2) is 5.65. The van der Waals surface area contributed by atoms with Crippen LogP contribution in [0.15, 0.2) is 10.9 Å². The maximum absolute atomic E-state index is 11.8. The van der Waals surface area contributed by atoms with Crippen LogP contribution >= 0.6 is 0 Å². The first-order valence-electron chi connectivity index (χ1n) is 6.04. The third-order valence-corrected chi connectivity index (χ3v) is 3.09. The summed E-state index contributed by atoms with van der Waals surface area (Å²) in [5.74, 6) is 1.29. The number of nitrogens with one attached hydrogen (secondary N) is 1. The van der Waals surface area contributed by atoms with E-state index in [0.717, 1.165) is 31.8 Å². The topological polar surface area (TPSA) is 71.3 Å². The summed E-state index contributed by atoms with van der Waals surface area (Å²) < 4.78 is 4.85. The van der Waals surface area contributed by atoms with E-state index < -0.39 is 0 Å². The van der Waals surface area contributed by atoms with E-state index >= 15 is 0 Å². The Morgan fingerprint density at radius 2 is 2.35 bits per heavy atom. The highest BCUT2D eigenvalue weighted by atomic mass is 16.5. The minimum Gasteiger partial charge on any atom is -0.340 e.